The Bertz CT molecular complexity index is 516. The molecule has 4 fully saturated rings. The number of rotatable bonds is 4. The lowest BCUT2D eigenvalue weighted by Gasteiger charge is -2.54. The number of nitrogens with zero attached hydrogens (tertiary/aromatic N) is 1. The maximum atomic E-state index is 12.3. The van der Waals surface area contributed by atoms with Crippen molar-refractivity contribution < 1.29 is 0 Å². The van der Waals surface area contributed by atoms with E-state index in [1.807, 2.05) is 4.68 Å². The van der Waals surface area contributed by atoms with Crippen LogP contribution in [0.5, 0.6) is 0 Å². The number of hydrogen-bond acceptors (Lipinski definition) is 2. The van der Waals surface area contributed by atoms with Crippen LogP contribution in [0.2, 0.25) is 0 Å². The van der Waals surface area contributed by atoms with Crippen LogP contribution in [0, 0.1) is 23.7 Å². The first-order chi connectivity index (χ1) is 9.74. The summed E-state index contributed by atoms with van der Waals surface area (Å²) >= 11 is 0. The van der Waals surface area contributed by atoms with Gasteiger partial charge in [0.2, 0.25) is 0 Å². The standard InChI is InChI=1S/C16H25N3O/c17-3-1-2-14-9-15(20)19(18-14)16-12-5-10-4-11(7-12)8-13(16)6-10/h9-13,16,18H,1-8,17H2. The first kappa shape index (κ1) is 12.7. The molecule has 1 aromatic heterocycles. The molecule has 4 bridgehead atoms. The SMILES string of the molecule is NCCCc1cc(=O)n(C2C3CC4CC(C3)CC2C4)[nH]1. The van der Waals surface area contributed by atoms with Gasteiger partial charge < -0.3 is 5.73 Å². The van der Waals surface area contributed by atoms with E-state index in [4.69, 9.17) is 5.73 Å². The lowest BCUT2D eigenvalue weighted by molar-refractivity contribution is -0.0349. The van der Waals surface area contributed by atoms with E-state index in [-0.39, 0.29) is 5.56 Å². The zero-order valence-corrected chi connectivity index (χ0v) is 12.1. The van der Waals surface area contributed by atoms with Gasteiger partial charge in [-0.1, -0.05) is 0 Å². The van der Waals surface area contributed by atoms with Crippen molar-refractivity contribution >= 4 is 0 Å². The number of aromatic nitrogens is 2. The topological polar surface area (TPSA) is 63.8 Å². The van der Waals surface area contributed by atoms with Gasteiger partial charge in [0.1, 0.15) is 0 Å². The van der Waals surface area contributed by atoms with Gasteiger partial charge in [-0.25, -0.2) is 4.68 Å². The third-order valence-electron chi connectivity index (χ3n) is 5.92. The molecule has 0 aliphatic heterocycles. The number of aromatic amines is 1. The Morgan fingerprint density at radius 1 is 1.15 bits per heavy atom. The predicted molar refractivity (Wildman–Crippen MR) is 78.5 cm³/mol. The van der Waals surface area contributed by atoms with Crippen LogP contribution in [0.1, 0.15) is 50.3 Å². The molecule has 4 heteroatoms. The highest BCUT2D eigenvalue weighted by Gasteiger charge is 2.49. The quantitative estimate of drug-likeness (QED) is 0.883. The molecule has 0 radical (unpaired) electrons. The normalized spacial score (nSPS) is 38.5. The summed E-state index contributed by atoms with van der Waals surface area (Å²) < 4.78 is 1.97. The van der Waals surface area contributed by atoms with Gasteiger partial charge in [0.05, 0.1) is 6.04 Å². The zero-order valence-electron chi connectivity index (χ0n) is 12.1. The summed E-state index contributed by atoms with van der Waals surface area (Å²) in [5.74, 6) is 3.39. The minimum absolute atomic E-state index is 0.175. The summed E-state index contributed by atoms with van der Waals surface area (Å²) in [6, 6.07) is 2.24. The molecule has 0 aromatic carbocycles. The monoisotopic (exact) mass is 275 g/mol. The number of nitrogens with one attached hydrogen (secondary N) is 1. The van der Waals surface area contributed by atoms with Crippen LogP contribution >= 0.6 is 0 Å². The van der Waals surface area contributed by atoms with Crippen LogP contribution in [-0.4, -0.2) is 16.3 Å². The third-order valence-corrected chi connectivity index (χ3v) is 5.92. The van der Waals surface area contributed by atoms with Crippen molar-refractivity contribution in [3.63, 3.8) is 0 Å². The Balaban J connectivity index is 1.61. The summed E-state index contributed by atoms with van der Waals surface area (Å²) in [6.45, 7) is 0.686. The van der Waals surface area contributed by atoms with Crippen molar-refractivity contribution in [3.8, 4) is 0 Å². The largest absolute Gasteiger partial charge is 0.330 e. The van der Waals surface area contributed by atoms with Crippen LogP contribution in [-0.2, 0) is 6.42 Å². The molecule has 0 spiro atoms. The summed E-state index contributed by atoms with van der Waals surface area (Å²) in [4.78, 5) is 12.3. The molecule has 0 unspecified atom stereocenters. The van der Waals surface area contributed by atoms with Crippen molar-refractivity contribution in [1.82, 2.24) is 9.78 Å². The Morgan fingerprint density at radius 2 is 1.80 bits per heavy atom. The molecule has 4 nitrogen and oxygen atoms in total. The van der Waals surface area contributed by atoms with Gasteiger partial charge in [0, 0.05) is 11.8 Å². The van der Waals surface area contributed by atoms with E-state index in [2.05, 4.69) is 5.10 Å². The molecular weight excluding hydrogens is 250 g/mol. The zero-order chi connectivity index (χ0) is 13.7. The molecule has 1 heterocycles. The maximum Gasteiger partial charge on any atom is 0.266 e. The molecule has 20 heavy (non-hydrogen) atoms. The minimum atomic E-state index is 0.175. The second-order valence-electron chi connectivity index (χ2n) is 7.30. The predicted octanol–water partition coefficient (Wildman–Crippen LogP) is 2.06. The highest BCUT2D eigenvalue weighted by Crippen LogP contribution is 2.57. The molecule has 5 rings (SSSR count). The molecule has 4 aliphatic rings. The van der Waals surface area contributed by atoms with Gasteiger partial charge >= 0.3 is 0 Å². The lowest BCUT2D eigenvalue weighted by Crippen LogP contribution is -2.48. The Kier molecular flexibility index (Phi) is 3.02. The van der Waals surface area contributed by atoms with Crippen molar-refractivity contribution in [2.75, 3.05) is 6.54 Å². The Morgan fingerprint density at radius 3 is 2.40 bits per heavy atom. The van der Waals surface area contributed by atoms with E-state index in [1.165, 1.54) is 32.1 Å². The molecule has 1 aromatic rings. The molecule has 0 atom stereocenters. The van der Waals surface area contributed by atoms with Crippen LogP contribution in [0.15, 0.2) is 10.9 Å². The van der Waals surface area contributed by atoms with Crippen LogP contribution in [0.3, 0.4) is 0 Å². The van der Waals surface area contributed by atoms with E-state index in [0.29, 0.717) is 12.6 Å². The highest BCUT2D eigenvalue weighted by atomic mass is 16.1. The van der Waals surface area contributed by atoms with E-state index < -0.39 is 0 Å². The van der Waals surface area contributed by atoms with E-state index in [0.717, 1.165) is 42.2 Å². The summed E-state index contributed by atoms with van der Waals surface area (Å²) in [6.07, 6.45) is 8.69. The van der Waals surface area contributed by atoms with Gasteiger partial charge in [0.15, 0.2) is 0 Å². The number of aryl methyl sites for hydroxylation is 1. The smallest absolute Gasteiger partial charge is 0.266 e. The fraction of sp³-hybridized carbons (Fsp3) is 0.812. The average Bonchev–Trinajstić information content (AvgIpc) is 2.76. The van der Waals surface area contributed by atoms with Crippen molar-refractivity contribution in [1.29, 1.82) is 0 Å². The molecule has 4 aliphatic carbocycles. The lowest BCUT2D eigenvalue weighted by atomic mass is 9.54. The van der Waals surface area contributed by atoms with Crippen molar-refractivity contribution in [2.24, 2.45) is 29.4 Å². The molecule has 0 amide bonds. The first-order valence-corrected chi connectivity index (χ1v) is 8.25. The summed E-state index contributed by atoms with van der Waals surface area (Å²) in [7, 11) is 0. The van der Waals surface area contributed by atoms with E-state index >= 15 is 0 Å². The van der Waals surface area contributed by atoms with Crippen molar-refractivity contribution in [2.45, 2.75) is 51.0 Å². The summed E-state index contributed by atoms with van der Waals surface area (Å²) in [5, 5.41) is 3.39. The Labute approximate surface area is 119 Å². The van der Waals surface area contributed by atoms with Gasteiger partial charge in [-0.3, -0.25) is 9.89 Å². The van der Waals surface area contributed by atoms with Gasteiger partial charge in [-0.15, -0.1) is 0 Å². The maximum absolute atomic E-state index is 12.3. The van der Waals surface area contributed by atoms with Crippen LogP contribution in [0.25, 0.3) is 0 Å². The van der Waals surface area contributed by atoms with E-state index in [1.54, 1.807) is 6.07 Å². The van der Waals surface area contributed by atoms with Gasteiger partial charge in [0.25, 0.3) is 5.56 Å². The number of hydrogen-bond donors (Lipinski definition) is 2. The second kappa shape index (κ2) is 4.76. The highest BCUT2D eigenvalue weighted by molar-refractivity contribution is 5.05. The van der Waals surface area contributed by atoms with Crippen molar-refractivity contribution in [3.05, 3.63) is 22.1 Å². The molecule has 3 N–H and O–H groups in total. The summed E-state index contributed by atoms with van der Waals surface area (Å²) in [5.41, 5.74) is 6.80. The second-order valence-corrected chi connectivity index (χ2v) is 7.30. The first-order valence-electron chi connectivity index (χ1n) is 8.25. The Hall–Kier alpha value is -1.03. The fourth-order valence-electron chi connectivity index (χ4n) is 5.42. The van der Waals surface area contributed by atoms with Gasteiger partial charge in [-0.05, 0) is 75.2 Å². The van der Waals surface area contributed by atoms with Crippen LogP contribution < -0.4 is 11.3 Å². The van der Waals surface area contributed by atoms with E-state index in [9.17, 15) is 4.79 Å². The number of H-pyrrole nitrogens is 1. The minimum Gasteiger partial charge on any atom is -0.330 e. The number of nitrogens with two attached hydrogens (primary N) is 1. The molecule has 110 valence electrons. The molecular formula is C16H25N3O. The molecule has 0 saturated heterocycles. The fourth-order valence-corrected chi connectivity index (χ4v) is 5.42. The van der Waals surface area contributed by atoms with Gasteiger partial charge in [-0.2, -0.15) is 0 Å². The van der Waals surface area contributed by atoms with Crippen LogP contribution in [0.4, 0.5) is 0 Å². The molecule has 4 saturated carbocycles. The average molecular weight is 275 g/mol. The third kappa shape index (κ3) is 1.96.